The summed E-state index contributed by atoms with van der Waals surface area (Å²) in [5.41, 5.74) is -8.53. The van der Waals surface area contributed by atoms with Crippen LogP contribution in [-0.2, 0) is 28.7 Å². The molecular weight excluding hydrogens is 656 g/mol. The molecule has 8 atom stereocenters. The summed E-state index contributed by atoms with van der Waals surface area (Å²) in [6, 6.07) is 0. The SMILES string of the molecule is CC(=O)C(O)[C@H]1O[C@@H](n2cc(SSc3cn([C@H]4C[C@@](O)(C(C)=O)[C@@H](C(O)C(C)=O)O4)c(=O)[nH]c3=O)c(=O)[nH]c2=O)C[C@@]1(O)C(C)=O. The molecule has 0 radical (unpaired) electrons. The Morgan fingerprint density at radius 3 is 1.35 bits per heavy atom. The Morgan fingerprint density at radius 1 is 0.739 bits per heavy atom. The maximum atomic E-state index is 12.7. The summed E-state index contributed by atoms with van der Waals surface area (Å²) in [6.07, 6.45) is -9.15. The standard InChI is InChI=1S/C26H30N4O14S2/c1-9(31)17(35)19-25(41,11(3)33)5-15(43-19)29-7-13(21(37)27-23(29)39)45-46-14-8-30(24(40)28-22(14)38)16-6-26(42,12(4)34)20(44-16)18(36)10(2)32/h7-8,15-20,35-36,41-42H,5-6H2,1-4H3,(H,27,37,39)(H,28,38,40)/t15-,16-,17?,18?,19-,20-,25-,26-/m1/s1. The topological polar surface area (TPSA) is 277 Å². The summed E-state index contributed by atoms with van der Waals surface area (Å²) in [6.45, 7) is 4.06. The van der Waals surface area contributed by atoms with Gasteiger partial charge in [0.15, 0.2) is 34.3 Å². The molecule has 6 N–H and O–H groups in total. The number of aliphatic hydroxyl groups is 4. The van der Waals surface area contributed by atoms with Crippen LogP contribution >= 0.6 is 21.6 Å². The van der Waals surface area contributed by atoms with E-state index in [-0.39, 0.29) is 9.79 Å². The van der Waals surface area contributed by atoms with Crippen molar-refractivity contribution in [2.24, 2.45) is 0 Å². The summed E-state index contributed by atoms with van der Waals surface area (Å²) in [5.74, 6) is -3.30. The zero-order valence-corrected chi connectivity index (χ0v) is 26.2. The van der Waals surface area contributed by atoms with Crippen molar-refractivity contribution in [3.8, 4) is 0 Å². The van der Waals surface area contributed by atoms with Crippen LogP contribution in [0.3, 0.4) is 0 Å². The summed E-state index contributed by atoms with van der Waals surface area (Å²) in [4.78, 5) is 102. The number of nitrogens with one attached hydrogen (secondary N) is 2. The lowest BCUT2D eigenvalue weighted by atomic mass is 9.86. The highest BCUT2D eigenvalue weighted by molar-refractivity contribution is 8.76. The number of rotatable bonds is 11. The van der Waals surface area contributed by atoms with Crippen LogP contribution in [0.25, 0.3) is 0 Å². The largest absolute Gasteiger partial charge is 0.382 e. The first-order chi connectivity index (χ1) is 21.3. The first-order valence-electron chi connectivity index (χ1n) is 13.5. The van der Waals surface area contributed by atoms with Crippen LogP contribution in [0.15, 0.2) is 41.4 Å². The van der Waals surface area contributed by atoms with Crippen molar-refractivity contribution in [1.29, 1.82) is 0 Å². The van der Waals surface area contributed by atoms with Crippen LogP contribution in [0.5, 0.6) is 0 Å². The number of ketones is 4. The molecule has 2 unspecified atom stereocenters. The van der Waals surface area contributed by atoms with Crippen molar-refractivity contribution >= 4 is 44.7 Å². The molecule has 2 aromatic heterocycles. The van der Waals surface area contributed by atoms with Crippen LogP contribution in [0.4, 0.5) is 0 Å². The molecule has 0 aromatic carbocycles. The summed E-state index contributed by atoms with van der Waals surface area (Å²) in [7, 11) is 1.29. The van der Waals surface area contributed by atoms with E-state index >= 15 is 0 Å². The number of hydrogen-bond donors (Lipinski definition) is 6. The van der Waals surface area contributed by atoms with Crippen molar-refractivity contribution in [3.63, 3.8) is 0 Å². The van der Waals surface area contributed by atoms with Gasteiger partial charge >= 0.3 is 11.4 Å². The number of nitrogens with zero attached hydrogens (tertiary/aromatic N) is 2. The fraction of sp³-hybridized carbons (Fsp3) is 0.538. The second kappa shape index (κ2) is 13.0. The number of aromatic nitrogens is 4. The monoisotopic (exact) mass is 686 g/mol. The molecule has 0 amide bonds. The zero-order valence-electron chi connectivity index (χ0n) is 24.6. The number of hydrogen-bond acceptors (Lipinski definition) is 16. The molecular formula is C26H30N4O14S2. The molecule has 4 heterocycles. The molecule has 2 fully saturated rings. The van der Waals surface area contributed by atoms with Crippen LogP contribution in [0.2, 0.25) is 0 Å². The fourth-order valence-corrected chi connectivity index (χ4v) is 7.11. The van der Waals surface area contributed by atoms with E-state index in [4.69, 9.17) is 9.47 Å². The van der Waals surface area contributed by atoms with Crippen LogP contribution in [0, 0.1) is 0 Å². The highest BCUT2D eigenvalue weighted by Gasteiger charge is 2.56. The maximum absolute atomic E-state index is 12.7. The number of aliphatic hydroxyl groups excluding tert-OH is 2. The minimum absolute atomic E-state index is 0.194. The first-order valence-corrected chi connectivity index (χ1v) is 15.7. The number of ether oxygens (including phenoxy) is 2. The van der Waals surface area contributed by atoms with Gasteiger partial charge in [-0.3, -0.25) is 47.9 Å². The summed E-state index contributed by atoms with van der Waals surface area (Å²) < 4.78 is 12.8. The molecule has 0 saturated carbocycles. The number of aromatic amines is 2. The third-order valence-corrected chi connectivity index (χ3v) is 10.2. The van der Waals surface area contributed by atoms with Crippen molar-refractivity contribution in [2.45, 2.75) is 98.4 Å². The van der Waals surface area contributed by atoms with Crippen molar-refractivity contribution in [3.05, 3.63) is 54.1 Å². The van der Waals surface area contributed by atoms with Crippen molar-refractivity contribution in [1.82, 2.24) is 19.1 Å². The smallest absolute Gasteiger partial charge is 0.330 e. The minimum Gasteiger partial charge on any atom is -0.382 e. The molecule has 20 heteroatoms. The van der Waals surface area contributed by atoms with Gasteiger partial charge in [-0.25, -0.2) is 9.59 Å². The second-order valence-electron chi connectivity index (χ2n) is 11.0. The molecule has 2 aromatic rings. The summed E-state index contributed by atoms with van der Waals surface area (Å²) in [5, 5.41) is 42.4. The van der Waals surface area contributed by atoms with Gasteiger partial charge in [-0.15, -0.1) is 0 Å². The van der Waals surface area contributed by atoms with Gasteiger partial charge in [0.2, 0.25) is 0 Å². The quantitative estimate of drug-likeness (QED) is 0.131. The van der Waals surface area contributed by atoms with Gasteiger partial charge in [-0.1, -0.05) is 0 Å². The van der Waals surface area contributed by atoms with Gasteiger partial charge in [0.05, 0.1) is 0 Å². The average Bonchev–Trinajstić information content (AvgIpc) is 3.51. The Bertz CT molecular complexity index is 1700. The molecule has 0 bridgehead atoms. The van der Waals surface area contributed by atoms with E-state index in [0.29, 0.717) is 21.6 Å². The highest BCUT2D eigenvalue weighted by Crippen LogP contribution is 2.41. The third-order valence-electron chi connectivity index (χ3n) is 7.86. The van der Waals surface area contributed by atoms with Crippen LogP contribution in [-0.4, -0.2) is 98.3 Å². The van der Waals surface area contributed by atoms with E-state index in [1.54, 1.807) is 0 Å². The predicted molar refractivity (Wildman–Crippen MR) is 156 cm³/mol. The lowest BCUT2D eigenvalue weighted by molar-refractivity contribution is -0.159. The first kappa shape index (κ1) is 35.4. The lowest BCUT2D eigenvalue weighted by Crippen LogP contribution is -2.52. The molecule has 2 saturated heterocycles. The van der Waals surface area contributed by atoms with E-state index in [9.17, 15) is 58.8 Å². The third kappa shape index (κ3) is 6.38. The number of H-pyrrole nitrogens is 2. The average molecular weight is 687 g/mol. The maximum Gasteiger partial charge on any atom is 0.330 e. The molecule has 46 heavy (non-hydrogen) atoms. The van der Waals surface area contributed by atoms with Gasteiger partial charge in [-0.05, 0) is 49.3 Å². The number of carbonyl (C=O) groups is 4. The second-order valence-corrected chi connectivity index (χ2v) is 13.2. The lowest BCUT2D eigenvalue weighted by Gasteiger charge is -2.27. The van der Waals surface area contributed by atoms with Gasteiger partial charge in [-0.2, -0.15) is 0 Å². The molecule has 2 aliphatic rings. The van der Waals surface area contributed by atoms with E-state index in [0.717, 1.165) is 49.2 Å². The number of carbonyl (C=O) groups excluding carboxylic acids is 4. The minimum atomic E-state index is -2.34. The molecule has 0 aliphatic carbocycles. The van der Waals surface area contributed by atoms with E-state index in [1.807, 2.05) is 9.97 Å². The predicted octanol–water partition coefficient (Wildman–Crippen LogP) is -2.70. The molecule has 4 rings (SSSR count). The molecule has 250 valence electrons. The van der Waals surface area contributed by atoms with Gasteiger partial charge in [0.1, 0.15) is 46.7 Å². The van der Waals surface area contributed by atoms with E-state index < -0.39 is 107 Å². The Hall–Kier alpha value is -3.50. The van der Waals surface area contributed by atoms with E-state index in [2.05, 4.69) is 0 Å². The molecule has 18 nitrogen and oxygen atoms in total. The Kier molecular flexibility index (Phi) is 9.95. The Morgan fingerprint density at radius 2 is 1.07 bits per heavy atom. The highest BCUT2D eigenvalue weighted by atomic mass is 33.1. The van der Waals surface area contributed by atoms with Gasteiger partial charge < -0.3 is 29.9 Å². The van der Waals surface area contributed by atoms with Gasteiger partial charge in [0, 0.05) is 25.2 Å². The van der Waals surface area contributed by atoms with Crippen LogP contribution in [0.1, 0.15) is 53.0 Å². The zero-order chi connectivity index (χ0) is 34.5. The number of Topliss-reactive ketones (excluding diaryl/α,β-unsaturated/α-hetero) is 4. The molecule has 2 aliphatic heterocycles. The Labute approximate surface area is 265 Å². The normalized spacial score (nSPS) is 29.0. The van der Waals surface area contributed by atoms with Crippen molar-refractivity contribution in [2.75, 3.05) is 0 Å². The Balaban J connectivity index is 1.63. The van der Waals surface area contributed by atoms with E-state index in [1.165, 1.54) is 0 Å². The van der Waals surface area contributed by atoms with Gasteiger partial charge in [0.25, 0.3) is 11.1 Å². The van der Waals surface area contributed by atoms with Crippen LogP contribution < -0.4 is 22.5 Å². The molecule has 0 spiro atoms. The van der Waals surface area contributed by atoms with Crippen molar-refractivity contribution < 1.29 is 49.1 Å². The fourth-order valence-electron chi connectivity index (χ4n) is 5.11. The summed E-state index contributed by atoms with van der Waals surface area (Å²) >= 11 is 0.